The fourth-order valence-corrected chi connectivity index (χ4v) is 1.80. The minimum Gasteiger partial charge on any atom is -0.508 e. The lowest BCUT2D eigenvalue weighted by Crippen LogP contribution is -1.93. The monoisotopic (exact) mass is 266 g/mol. The number of halogens is 1. The number of aromatic nitrogens is 2. The van der Waals surface area contributed by atoms with Gasteiger partial charge < -0.3 is 5.11 Å². The zero-order valence-corrected chi connectivity index (χ0v) is 9.68. The molecule has 1 heterocycles. The highest BCUT2D eigenvalue weighted by Crippen LogP contribution is 2.13. The van der Waals surface area contributed by atoms with Gasteiger partial charge in [-0.2, -0.15) is 5.10 Å². The highest BCUT2D eigenvalue weighted by Gasteiger charge is 2.00. The third-order valence-electron chi connectivity index (χ3n) is 2.13. The van der Waals surface area contributed by atoms with Crippen molar-refractivity contribution in [2.75, 3.05) is 5.33 Å². The molecule has 0 bridgehead atoms. The molecule has 0 aliphatic heterocycles. The van der Waals surface area contributed by atoms with E-state index in [0.717, 1.165) is 17.4 Å². The lowest BCUT2D eigenvalue weighted by molar-refractivity contribution is 0.475. The first-order chi connectivity index (χ1) is 7.29. The van der Waals surface area contributed by atoms with E-state index in [1.807, 2.05) is 24.5 Å². The minimum atomic E-state index is 0.270. The summed E-state index contributed by atoms with van der Waals surface area (Å²) in [6, 6.07) is 6.98. The predicted octanol–water partition coefficient (Wildman–Crippen LogP) is 2.52. The van der Waals surface area contributed by atoms with Crippen LogP contribution in [0.4, 0.5) is 0 Å². The molecule has 0 amide bonds. The van der Waals surface area contributed by atoms with Gasteiger partial charge in [-0.25, -0.2) is 4.68 Å². The van der Waals surface area contributed by atoms with E-state index in [2.05, 4.69) is 21.0 Å². The maximum atomic E-state index is 9.16. The molecule has 1 aromatic carbocycles. The van der Waals surface area contributed by atoms with Crippen molar-refractivity contribution in [3.05, 3.63) is 42.2 Å². The summed E-state index contributed by atoms with van der Waals surface area (Å²) in [6.45, 7) is 0. The van der Waals surface area contributed by atoms with E-state index in [-0.39, 0.29) is 5.75 Å². The van der Waals surface area contributed by atoms with Crippen molar-refractivity contribution in [2.45, 2.75) is 6.42 Å². The molecule has 0 atom stereocenters. The van der Waals surface area contributed by atoms with Gasteiger partial charge >= 0.3 is 0 Å². The topological polar surface area (TPSA) is 38.0 Å². The number of phenolic OH excluding ortho intramolecular Hbond substituents is 1. The molecule has 2 rings (SSSR count). The molecule has 4 heteroatoms. The molecular formula is C11H11BrN2O. The maximum absolute atomic E-state index is 9.16. The van der Waals surface area contributed by atoms with Gasteiger partial charge in [0.05, 0.1) is 11.9 Å². The second-order valence-corrected chi connectivity index (χ2v) is 4.04. The molecule has 0 aliphatic rings. The van der Waals surface area contributed by atoms with Crippen LogP contribution >= 0.6 is 15.9 Å². The Labute approximate surface area is 96.5 Å². The van der Waals surface area contributed by atoms with Gasteiger partial charge in [-0.1, -0.05) is 15.9 Å². The van der Waals surface area contributed by atoms with Crippen molar-refractivity contribution >= 4 is 15.9 Å². The van der Waals surface area contributed by atoms with Crippen LogP contribution in [0.3, 0.4) is 0 Å². The SMILES string of the molecule is Oc1ccc(-n2cc(CCBr)cn2)cc1. The largest absolute Gasteiger partial charge is 0.508 e. The van der Waals surface area contributed by atoms with Gasteiger partial charge in [-0.3, -0.25) is 0 Å². The molecule has 1 N–H and O–H groups in total. The summed E-state index contributed by atoms with van der Waals surface area (Å²) >= 11 is 3.39. The van der Waals surface area contributed by atoms with Crippen molar-refractivity contribution in [3.8, 4) is 11.4 Å². The zero-order chi connectivity index (χ0) is 10.7. The molecule has 15 heavy (non-hydrogen) atoms. The molecule has 0 radical (unpaired) electrons. The number of nitrogens with zero attached hydrogens (tertiary/aromatic N) is 2. The fraction of sp³-hybridized carbons (Fsp3) is 0.182. The van der Waals surface area contributed by atoms with Crippen LogP contribution in [0.15, 0.2) is 36.7 Å². The quantitative estimate of drug-likeness (QED) is 0.868. The Bertz CT molecular complexity index is 436. The minimum absolute atomic E-state index is 0.270. The number of aryl methyl sites for hydroxylation is 1. The van der Waals surface area contributed by atoms with Crippen molar-refractivity contribution in [3.63, 3.8) is 0 Å². The molecular weight excluding hydrogens is 256 g/mol. The van der Waals surface area contributed by atoms with E-state index in [4.69, 9.17) is 5.11 Å². The summed E-state index contributed by atoms with van der Waals surface area (Å²) in [4.78, 5) is 0. The standard InChI is InChI=1S/C11H11BrN2O/c12-6-5-9-7-13-14(8-9)10-1-3-11(15)4-2-10/h1-4,7-8,15H,5-6H2. The molecule has 0 aliphatic carbocycles. The Balaban J connectivity index is 2.25. The van der Waals surface area contributed by atoms with Crippen molar-refractivity contribution in [1.82, 2.24) is 9.78 Å². The maximum Gasteiger partial charge on any atom is 0.115 e. The summed E-state index contributed by atoms with van der Waals surface area (Å²) in [7, 11) is 0. The Morgan fingerprint density at radius 3 is 2.67 bits per heavy atom. The predicted molar refractivity (Wildman–Crippen MR) is 62.7 cm³/mol. The highest BCUT2D eigenvalue weighted by molar-refractivity contribution is 9.09. The van der Waals surface area contributed by atoms with Crippen LogP contribution in [0, 0.1) is 0 Å². The van der Waals surface area contributed by atoms with E-state index >= 15 is 0 Å². The van der Waals surface area contributed by atoms with Gasteiger partial charge in [0.15, 0.2) is 0 Å². The summed E-state index contributed by atoms with van der Waals surface area (Å²) in [5.74, 6) is 0.270. The van der Waals surface area contributed by atoms with Gasteiger partial charge in [0, 0.05) is 11.5 Å². The van der Waals surface area contributed by atoms with E-state index in [1.165, 1.54) is 5.56 Å². The molecule has 3 nitrogen and oxygen atoms in total. The zero-order valence-electron chi connectivity index (χ0n) is 8.10. The lowest BCUT2D eigenvalue weighted by Gasteiger charge is -2.00. The molecule has 0 spiro atoms. The first kappa shape index (κ1) is 10.2. The smallest absolute Gasteiger partial charge is 0.115 e. The molecule has 0 unspecified atom stereocenters. The van der Waals surface area contributed by atoms with E-state index in [0.29, 0.717) is 0 Å². The third kappa shape index (κ3) is 2.39. The number of aromatic hydroxyl groups is 1. The number of alkyl halides is 1. The van der Waals surface area contributed by atoms with Gasteiger partial charge in [0.1, 0.15) is 5.75 Å². The van der Waals surface area contributed by atoms with Crippen molar-refractivity contribution in [2.24, 2.45) is 0 Å². The summed E-state index contributed by atoms with van der Waals surface area (Å²) < 4.78 is 1.80. The van der Waals surface area contributed by atoms with Crippen LogP contribution in [0.2, 0.25) is 0 Å². The Kier molecular flexibility index (Phi) is 3.06. The molecule has 0 fully saturated rings. The molecule has 2 aromatic rings. The number of benzene rings is 1. The van der Waals surface area contributed by atoms with Crippen LogP contribution in [0.1, 0.15) is 5.56 Å². The Morgan fingerprint density at radius 2 is 2.00 bits per heavy atom. The van der Waals surface area contributed by atoms with E-state index < -0.39 is 0 Å². The molecule has 0 saturated carbocycles. The van der Waals surface area contributed by atoms with Crippen LogP contribution < -0.4 is 0 Å². The number of hydrogen-bond donors (Lipinski definition) is 1. The van der Waals surface area contributed by atoms with Crippen LogP contribution in [0.25, 0.3) is 5.69 Å². The van der Waals surface area contributed by atoms with Gasteiger partial charge in [0.2, 0.25) is 0 Å². The van der Waals surface area contributed by atoms with Gasteiger partial charge in [-0.05, 0) is 36.2 Å². The summed E-state index contributed by atoms with van der Waals surface area (Å²) in [5, 5.41) is 14.3. The normalized spacial score (nSPS) is 10.5. The number of phenols is 1. The Morgan fingerprint density at radius 1 is 1.27 bits per heavy atom. The lowest BCUT2D eigenvalue weighted by atomic mass is 10.3. The fourth-order valence-electron chi connectivity index (χ4n) is 1.34. The van der Waals surface area contributed by atoms with Crippen LogP contribution in [0.5, 0.6) is 5.75 Å². The van der Waals surface area contributed by atoms with Crippen LogP contribution in [-0.2, 0) is 6.42 Å². The first-order valence-corrected chi connectivity index (χ1v) is 5.80. The summed E-state index contributed by atoms with van der Waals surface area (Å²) in [5.41, 5.74) is 2.15. The molecule has 1 aromatic heterocycles. The number of hydrogen-bond acceptors (Lipinski definition) is 2. The van der Waals surface area contributed by atoms with Gasteiger partial charge in [0.25, 0.3) is 0 Å². The first-order valence-electron chi connectivity index (χ1n) is 4.68. The molecule has 78 valence electrons. The van der Waals surface area contributed by atoms with Gasteiger partial charge in [-0.15, -0.1) is 0 Å². The van der Waals surface area contributed by atoms with Crippen LogP contribution in [-0.4, -0.2) is 20.2 Å². The average Bonchev–Trinajstić information content (AvgIpc) is 2.68. The Hall–Kier alpha value is -1.29. The van der Waals surface area contributed by atoms with Crippen molar-refractivity contribution in [1.29, 1.82) is 0 Å². The van der Waals surface area contributed by atoms with E-state index in [1.54, 1.807) is 16.8 Å². The second kappa shape index (κ2) is 4.49. The third-order valence-corrected chi connectivity index (χ3v) is 2.53. The molecule has 0 saturated heterocycles. The average molecular weight is 267 g/mol. The second-order valence-electron chi connectivity index (χ2n) is 3.25. The van der Waals surface area contributed by atoms with Crippen molar-refractivity contribution < 1.29 is 5.11 Å². The highest BCUT2D eigenvalue weighted by atomic mass is 79.9. The van der Waals surface area contributed by atoms with E-state index in [9.17, 15) is 0 Å². The summed E-state index contributed by atoms with van der Waals surface area (Å²) in [6.07, 6.45) is 4.82. The number of rotatable bonds is 3.